The monoisotopic (exact) mass is 292 g/mol. The number of rotatable bonds is 2. The number of nitriles is 1. The number of methoxy groups -OCH3 is 1. The molecule has 1 saturated heterocycles. The van der Waals surface area contributed by atoms with Crippen LogP contribution in [0.3, 0.4) is 0 Å². The molecule has 1 unspecified atom stereocenters. The van der Waals surface area contributed by atoms with Gasteiger partial charge in [-0.15, -0.1) is 0 Å². The van der Waals surface area contributed by atoms with Crippen molar-refractivity contribution in [1.29, 1.82) is 5.26 Å². The second kappa shape index (κ2) is 5.18. The van der Waals surface area contributed by atoms with E-state index in [0.717, 1.165) is 38.2 Å². The molecule has 3 rings (SSSR count). The Kier molecular flexibility index (Phi) is 3.48. The molecule has 21 heavy (non-hydrogen) atoms. The highest BCUT2D eigenvalue weighted by atomic mass is 19.2. The highest BCUT2D eigenvalue weighted by molar-refractivity contribution is 5.62. The second-order valence-electron chi connectivity index (χ2n) is 5.96. The van der Waals surface area contributed by atoms with Gasteiger partial charge in [-0.25, -0.2) is 4.39 Å². The van der Waals surface area contributed by atoms with Crippen LogP contribution in [0, 0.1) is 28.4 Å². The number of nitrogens with zero attached hydrogens (tertiary/aromatic N) is 2. The first kappa shape index (κ1) is 14.1. The van der Waals surface area contributed by atoms with Crippen LogP contribution in [0.2, 0.25) is 0 Å². The second-order valence-corrected chi connectivity index (χ2v) is 5.96. The zero-order chi connectivity index (χ0) is 15.0. The van der Waals surface area contributed by atoms with Crippen molar-refractivity contribution in [3.05, 3.63) is 23.8 Å². The Bertz CT molecular complexity index is 591. The number of benzene rings is 1. The Hall–Kier alpha value is -1.83. The Morgan fingerprint density at radius 1 is 1.29 bits per heavy atom. The molecule has 1 aliphatic heterocycles. The van der Waals surface area contributed by atoms with Crippen LogP contribution in [-0.4, -0.2) is 19.7 Å². The molecule has 1 aliphatic carbocycles. The van der Waals surface area contributed by atoms with Crippen LogP contribution in [-0.2, 0) is 0 Å². The van der Waals surface area contributed by atoms with Crippen molar-refractivity contribution in [3.8, 4) is 11.8 Å². The molecule has 2 fully saturated rings. The molecule has 3 nitrogen and oxygen atoms in total. The highest BCUT2D eigenvalue weighted by Crippen LogP contribution is 2.51. The molecule has 0 radical (unpaired) electrons. The summed E-state index contributed by atoms with van der Waals surface area (Å²) >= 11 is 0. The molecule has 1 saturated carbocycles. The van der Waals surface area contributed by atoms with Gasteiger partial charge < -0.3 is 9.64 Å². The average molecular weight is 292 g/mol. The van der Waals surface area contributed by atoms with Crippen molar-refractivity contribution in [2.75, 3.05) is 18.6 Å². The molecular formula is C16H18F2N2O. The minimum absolute atomic E-state index is 0.00459. The zero-order valence-corrected chi connectivity index (χ0v) is 12.0. The molecule has 1 aromatic rings. The van der Waals surface area contributed by atoms with Crippen LogP contribution >= 0.6 is 0 Å². The highest BCUT2D eigenvalue weighted by Gasteiger charge is 2.49. The van der Waals surface area contributed by atoms with E-state index in [0.29, 0.717) is 12.2 Å². The van der Waals surface area contributed by atoms with E-state index >= 15 is 0 Å². The fourth-order valence-electron chi connectivity index (χ4n) is 3.95. The molecule has 1 heterocycles. The lowest BCUT2D eigenvalue weighted by Crippen LogP contribution is -2.37. The molecule has 1 aromatic carbocycles. The average Bonchev–Trinajstić information content (AvgIpc) is 3.10. The van der Waals surface area contributed by atoms with Gasteiger partial charge in [0.25, 0.3) is 0 Å². The quantitative estimate of drug-likeness (QED) is 0.835. The minimum atomic E-state index is -0.987. The van der Waals surface area contributed by atoms with E-state index in [4.69, 9.17) is 4.74 Å². The number of anilines is 1. The topological polar surface area (TPSA) is 36.3 Å². The molecule has 112 valence electrons. The van der Waals surface area contributed by atoms with Crippen molar-refractivity contribution in [2.24, 2.45) is 5.41 Å². The summed E-state index contributed by atoms with van der Waals surface area (Å²) < 4.78 is 32.3. The molecule has 0 amide bonds. The first-order valence-electron chi connectivity index (χ1n) is 7.31. The number of ether oxygens (including phenoxy) is 1. The van der Waals surface area contributed by atoms with Gasteiger partial charge in [-0.3, -0.25) is 0 Å². The summed E-state index contributed by atoms with van der Waals surface area (Å²) in [5, 5.41) is 9.61. The molecule has 1 spiro atoms. The van der Waals surface area contributed by atoms with E-state index < -0.39 is 11.6 Å². The third-order valence-electron chi connectivity index (χ3n) is 5.01. The third-order valence-corrected chi connectivity index (χ3v) is 5.01. The maximum Gasteiger partial charge on any atom is 0.202 e. The zero-order valence-electron chi connectivity index (χ0n) is 12.0. The van der Waals surface area contributed by atoms with Crippen LogP contribution in [0.1, 0.15) is 32.1 Å². The largest absolute Gasteiger partial charge is 0.491 e. The summed E-state index contributed by atoms with van der Waals surface area (Å²) in [6, 6.07) is 4.70. The fraction of sp³-hybridized carbons (Fsp3) is 0.562. The van der Waals surface area contributed by atoms with Crippen molar-refractivity contribution in [3.63, 3.8) is 0 Å². The Morgan fingerprint density at radius 3 is 2.62 bits per heavy atom. The van der Waals surface area contributed by atoms with E-state index in [2.05, 4.69) is 6.07 Å². The van der Waals surface area contributed by atoms with Gasteiger partial charge in [0.2, 0.25) is 5.82 Å². The van der Waals surface area contributed by atoms with Crippen molar-refractivity contribution in [2.45, 2.75) is 38.1 Å². The standard InChI is InChI=1S/C16H18F2N2O/c1-21-15-12(5-4-11(17)14(15)18)20-9-8-16(13(20)10-19)6-2-3-7-16/h4-5,13H,2-3,6-9H2,1H3. The third kappa shape index (κ3) is 2.05. The van der Waals surface area contributed by atoms with Crippen molar-refractivity contribution >= 4 is 5.69 Å². The molecule has 5 heteroatoms. The molecule has 0 bridgehead atoms. The molecule has 1 atom stereocenters. The summed E-state index contributed by atoms with van der Waals surface area (Å²) in [7, 11) is 1.32. The smallest absolute Gasteiger partial charge is 0.202 e. The summed E-state index contributed by atoms with van der Waals surface area (Å²) in [6.07, 6.45) is 5.27. The fourth-order valence-corrected chi connectivity index (χ4v) is 3.95. The number of hydrogen-bond donors (Lipinski definition) is 0. The lowest BCUT2D eigenvalue weighted by atomic mass is 9.79. The van der Waals surface area contributed by atoms with E-state index in [1.54, 1.807) is 0 Å². The Morgan fingerprint density at radius 2 is 2.00 bits per heavy atom. The van der Waals surface area contributed by atoms with Gasteiger partial charge in [-0.1, -0.05) is 12.8 Å². The lowest BCUT2D eigenvalue weighted by molar-refractivity contribution is 0.301. The minimum Gasteiger partial charge on any atom is -0.491 e. The van der Waals surface area contributed by atoms with Crippen molar-refractivity contribution in [1.82, 2.24) is 0 Å². The van der Waals surface area contributed by atoms with Crippen LogP contribution in [0.5, 0.6) is 5.75 Å². The predicted molar refractivity (Wildman–Crippen MR) is 75.2 cm³/mol. The first-order chi connectivity index (χ1) is 10.1. The number of hydrogen-bond acceptors (Lipinski definition) is 3. The Labute approximate surface area is 123 Å². The maximum absolute atomic E-state index is 13.9. The van der Waals surface area contributed by atoms with E-state index in [9.17, 15) is 14.0 Å². The molecule has 2 aliphatic rings. The van der Waals surface area contributed by atoms with E-state index in [1.165, 1.54) is 13.2 Å². The Balaban J connectivity index is 2.02. The van der Waals surface area contributed by atoms with Crippen molar-refractivity contribution < 1.29 is 13.5 Å². The van der Waals surface area contributed by atoms with Crippen LogP contribution in [0.25, 0.3) is 0 Å². The summed E-state index contributed by atoms with van der Waals surface area (Å²) in [6.45, 7) is 0.680. The van der Waals surface area contributed by atoms with Gasteiger partial charge in [0.05, 0.1) is 18.9 Å². The summed E-state index contributed by atoms with van der Waals surface area (Å²) in [4.78, 5) is 1.88. The molecule has 0 aromatic heterocycles. The summed E-state index contributed by atoms with van der Waals surface area (Å²) in [5.41, 5.74) is 0.483. The van der Waals surface area contributed by atoms with Gasteiger partial charge in [-0.2, -0.15) is 9.65 Å². The van der Waals surface area contributed by atoms with Crippen LogP contribution in [0.15, 0.2) is 12.1 Å². The van der Waals surface area contributed by atoms with Gasteiger partial charge in [-0.05, 0) is 31.4 Å². The van der Waals surface area contributed by atoms with Crippen LogP contribution in [0.4, 0.5) is 14.5 Å². The number of halogens is 2. The van der Waals surface area contributed by atoms with E-state index in [-0.39, 0.29) is 17.2 Å². The van der Waals surface area contributed by atoms with Crippen LogP contribution < -0.4 is 9.64 Å². The van der Waals surface area contributed by atoms with Gasteiger partial charge in [0.1, 0.15) is 6.04 Å². The molecule has 0 N–H and O–H groups in total. The SMILES string of the molecule is COc1c(N2CCC3(CCCC3)C2C#N)ccc(F)c1F. The maximum atomic E-state index is 13.9. The van der Waals surface area contributed by atoms with Gasteiger partial charge in [0.15, 0.2) is 11.6 Å². The van der Waals surface area contributed by atoms with Gasteiger partial charge in [0, 0.05) is 12.0 Å². The predicted octanol–water partition coefficient (Wildman–Crippen LogP) is 3.64. The summed E-state index contributed by atoms with van der Waals surface area (Å²) in [5.74, 6) is -2.02. The van der Waals surface area contributed by atoms with Gasteiger partial charge >= 0.3 is 0 Å². The molecular weight excluding hydrogens is 274 g/mol. The van der Waals surface area contributed by atoms with E-state index in [1.807, 2.05) is 4.90 Å². The lowest BCUT2D eigenvalue weighted by Gasteiger charge is -2.31. The normalized spacial score (nSPS) is 23.5. The first-order valence-corrected chi connectivity index (χ1v) is 7.31.